The van der Waals surface area contributed by atoms with Crippen molar-refractivity contribution in [2.24, 2.45) is 5.73 Å². The highest BCUT2D eigenvalue weighted by Crippen LogP contribution is 2.12. The standard InChI is InChI=1S/C7H16N2/c1-6-7(8)4-3-5-9(6)2/h6-7H,3-5,8H2,1-2H3/t6?,7-/m1/s1. The van der Waals surface area contributed by atoms with Gasteiger partial charge >= 0.3 is 0 Å². The summed E-state index contributed by atoms with van der Waals surface area (Å²) in [6.45, 7) is 3.42. The molecule has 0 radical (unpaired) electrons. The molecule has 1 unspecified atom stereocenters. The lowest BCUT2D eigenvalue weighted by Crippen LogP contribution is -2.48. The molecule has 0 aromatic rings. The van der Waals surface area contributed by atoms with E-state index in [0.29, 0.717) is 12.1 Å². The van der Waals surface area contributed by atoms with Crippen LogP contribution in [0.25, 0.3) is 0 Å². The van der Waals surface area contributed by atoms with Crippen molar-refractivity contribution in [3.63, 3.8) is 0 Å². The molecule has 9 heavy (non-hydrogen) atoms. The quantitative estimate of drug-likeness (QED) is 0.512. The fourth-order valence-corrected chi connectivity index (χ4v) is 1.35. The number of nitrogens with zero attached hydrogens (tertiary/aromatic N) is 1. The SMILES string of the molecule is CC1[C@H](N)CCCN1C. The molecule has 54 valence electrons. The van der Waals surface area contributed by atoms with Crippen LogP contribution in [0.5, 0.6) is 0 Å². The molecular weight excluding hydrogens is 112 g/mol. The highest BCUT2D eigenvalue weighted by Gasteiger charge is 2.21. The van der Waals surface area contributed by atoms with Crippen LogP contribution in [0.4, 0.5) is 0 Å². The van der Waals surface area contributed by atoms with E-state index in [4.69, 9.17) is 5.73 Å². The van der Waals surface area contributed by atoms with Gasteiger partial charge in [-0.15, -0.1) is 0 Å². The van der Waals surface area contributed by atoms with Crippen molar-refractivity contribution in [3.8, 4) is 0 Å². The maximum atomic E-state index is 5.83. The average Bonchev–Trinajstić information content (AvgIpc) is 1.83. The van der Waals surface area contributed by atoms with E-state index >= 15 is 0 Å². The monoisotopic (exact) mass is 128 g/mol. The number of hydrogen-bond acceptors (Lipinski definition) is 2. The Morgan fingerprint density at radius 2 is 2.22 bits per heavy atom. The van der Waals surface area contributed by atoms with Gasteiger partial charge in [0.15, 0.2) is 0 Å². The zero-order valence-electron chi connectivity index (χ0n) is 6.30. The molecule has 0 aliphatic carbocycles. The van der Waals surface area contributed by atoms with Gasteiger partial charge in [0.1, 0.15) is 0 Å². The van der Waals surface area contributed by atoms with Gasteiger partial charge in [0.25, 0.3) is 0 Å². The van der Waals surface area contributed by atoms with Crippen LogP contribution >= 0.6 is 0 Å². The fourth-order valence-electron chi connectivity index (χ4n) is 1.35. The first-order valence-electron chi connectivity index (χ1n) is 3.67. The van der Waals surface area contributed by atoms with Crippen molar-refractivity contribution in [2.75, 3.05) is 13.6 Å². The van der Waals surface area contributed by atoms with Gasteiger partial charge in [0.2, 0.25) is 0 Å². The molecule has 2 heteroatoms. The molecule has 1 fully saturated rings. The van der Waals surface area contributed by atoms with Crippen molar-refractivity contribution in [3.05, 3.63) is 0 Å². The molecule has 1 aliphatic rings. The second kappa shape index (κ2) is 2.67. The number of piperidine rings is 1. The average molecular weight is 128 g/mol. The van der Waals surface area contributed by atoms with E-state index in [9.17, 15) is 0 Å². The highest BCUT2D eigenvalue weighted by atomic mass is 15.1. The molecule has 0 bridgehead atoms. The van der Waals surface area contributed by atoms with Crippen LogP contribution in [-0.4, -0.2) is 30.6 Å². The zero-order chi connectivity index (χ0) is 6.85. The van der Waals surface area contributed by atoms with E-state index in [2.05, 4.69) is 18.9 Å². The first-order chi connectivity index (χ1) is 4.22. The largest absolute Gasteiger partial charge is 0.326 e. The summed E-state index contributed by atoms with van der Waals surface area (Å²) >= 11 is 0. The molecule has 2 atom stereocenters. The number of likely N-dealkylation sites (tertiary alicyclic amines) is 1. The Hall–Kier alpha value is -0.0800. The summed E-state index contributed by atoms with van der Waals surface area (Å²) in [5.41, 5.74) is 5.83. The third-order valence-electron chi connectivity index (χ3n) is 2.36. The van der Waals surface area contributed by atoms with Crippen molar-refractivity contribution in [2.45, 2.75) is 31.8 Å². The smallest absolute Gasteiger partial charge is 0.0215 e. The molecule has 2 nitrogen and oxygen atoms in total. The van der Waals surface area contributed by atoms with Gasteiger partial charge in [-0.2, -0.15) is 0 Å². The molecule has 1 saturated heterocycles. The lowest BCUT2D eigenvalue weighted by molar-refractivity contribution is 0.176. The van der Waals surface area contributed by atoms with E-state index in [0.717, 1.165) is 0 Å². The minimum atomic E-state index is 0.406. The van der Waals surface area contributed by atoms with Gasteiger partial charge in [-0.25, -0.2) is 0 Å². The summed E-state index contributed by atoms with van der Waals surface area (Å²) in [7, 11) is 2.14. The molecule has 1 rings (SSSR count). The van der Waals surface area contributed by atoms with Crippen LogP contribution in [0.1, 0.15) is 19.8 Å². The predicted octanol–water partition coefficient (Wildman–Crippen LogP) is 0.428. The van der Waals surface area contributed by atoms with Crippen LogP contribution in [0.15, 0.2) is 0 Å². The molecule has 0 spiro atoms. The Morgan fingerprint density at radius 3 is 2.67 bits per heavy atom. The molecule has 1 heterocycles. The van der Waals surface area contributed by atoms with E-state index in [1.807, 2.05) is 0 Å². The lowest BCUT2D eigenvalue weighted by Gasteiger charge is -2.34. The Bertz CT molecular complexity index is 82.9. The summed E-state index contributed by atoms with van der Waals surface area (Å²) in [4.78, 5) is 2.33. The Labute approximate surface area is 57.0 Å². The van der Waals surface area contributed by atoms with E-state index in [1.54, 1.807) is 0 Å². The fraction of sp³-hybridized carbons (Fsp3) is 1.00. The van der Waals surface area contributed by atoms with Crippen molar-refractivity contribution < 1.29 is 0 Å². The summed E-state index contributed by atoms with van der Waals surface area (Å²) in [6, 6.07) is 0.988. The summed E-state index contributed by atoms with van der Waals surface area (Å²) in [6.07, 6.45) is 2.47. The molecule has 0 aromatic carbocycles. The van der Waals surface area contributed by atoms with Gasteiger partial charge in [-0.05, 0) is 33.4 Å². The molecule has 1 aliphatic heterocycles. The first-order valence-corrected chi connectivity index (χ1v) is 3.67. The first kappa shape index (κ1) is 7.03. The Morgan fingerprint density at radius 1 is 1.56 bits per heavy atom. The van der Waals surface area contributed by atoms with Gasteiger partial charge in [0, 0.05) is 12.1 Å². The minimum Gasteiger partial charge on any atom is -0.326 e. The molecular formula is C7H16N2. The topological polar surface area (TPSA) is 29.3 Å². The lowest BCUT2D eigenvalue weighted by atomic mass is 9.99. The van der Waals surface area contributed by atoms with Crippen LogP contribution in [0, 0.1) is 0 Å². The Balaban J connectivity index is 2.41. The minimum absolute atomic E-state index is 0.406. The number of rotatable bonds is 0. The van der Waals surface area contributed by atoms with Crippen LogP contribution in [-0.2, 0) is 0 Å². The molecule has 0 aromatic heterocycles. The van der Waals surface area contributed by atoms with Gasteiger partial charge in [-0.1, -0.05) is 0 Å². The predicted molar refractivity (Wildman–Crippen MR) is 39.3 cm³/mol. The second-order valence-electron chi connectivity index (χ2n) is 3.03. The second-order valence-corrected chi connectivity index (χ2v) is 3.03. The summed E-state index contributed by atoms with van der Waals surface area (Å²) < 4.78 is 0. The number of hydrogen-bond donors (Lipinski definition) is 1. The van der Waals surface area contributed by atoms with Crippen molar-refractivity contribution >= 4 is 0 Å². The van der Waals surface area contributed by atoms with Gasteiger partial charge in [-0.3, -0.25) is 0 Å². The Kier molecular flexibility index (Phi) is 2.09. The molecule has 2 N–H and O–H groups in total. The van der Waals surface area contributed by atoms with E-state index in [-0.39, 0.29) is 0 Å². The van der Waals surface area contributed by atoms with Gasteiger partial charge < -0.3 is 10.6 Å². The highest BCUT2D eigenvalue weighted by molar-refractivity contribution is 4.81. The number of likely N-dealkylation sites (N-methyl/N-ethyl adjacent to an activating group) is 1. The zero-order valence-corrected chi connectivity index (χ0v) is 6.30. The summed E-state index contributed by atoms with van der Waals surface area (Å²) in [5, 5.41) is 0. The van der Waals surface area contributed by atoms with Crippen LogP contribution < -0.4 is 5.73 Å². The molecule has 0 amide bonds. The van der Waals surface area contributed by atoms with E-state index in [1.165, 1.54) is 19.4 Å². The molecule has 0 saturated carbocycles. The third kappa shape index (κ3) is 1.43. The van der Waals surface area contributed by atoms with Crippen LogP contribution in [0.3, 0.4) is 0 Å². The third-order valence-corrected chi connectivity index (χ3v) is 2.36. The van der Waals surface area contributed by atoms with Crippen molar-refractivity contribution in [1.29, 1.82) is 0 Å². The van der Waals surface area contributed by atoms with Crippen LogP contribution in [0.2, 0.25) is 0 Å². The maximum Gasteiger partial charge on any atom is 0.0215 e. The van der Waals surface area contributed by atoms with Crippen molar-refractivity contribution in [1.82, 2.24) is 4.90 Å². The summed E-state index contributed by atoms with van der Waals surface area (Å²) in [5.74, 6) is 0. The maximum absolute atomic E-state index is 5.83. The van der Waals surface area contributed by atoms with E-state index < -0.39 is 0 Å². The number of nitrogens with two attached hydrogens (primary N) is 1. The normalized spacial score (nSPS) is 39.0. The van der Waals surface area contributed by atoms with Gasteiger partial charge in [0.05, 0.1) is 0 Å².